The molecule has 2 amide bonds. The van der Waals surface area contributed by atoms with E-state index in [9.17, 15) is 9.59 Å². The molecule has 1 aromatic rings. The molecule has 4 atom stereocenters. The lowest BCUT2D eigenvalue weighted by Crippen LogP contribution is -2.32. The van der Waals surface area contributed by atoms with E-state index in [1.807, 2.05) is 24.3 Å². The summed E-state index contributed by atoms with van der Waals surface area (Å²) in [5.41, 5.74) is 0.718. The number of carbonyl (C=O) groups is 2. The van der Waals surface area contributed by atoms with Gasteiger partial charge >= 0.3 is 0 Å². The van der Waals surface area contributed by atoms with Gasteiger partial charge in [-0.2, -0.15) is 0 Å². The number of benzene rings is 1. The second-order valence-electron chi connectivity index (χ2n) is 5.49. The first-order valence-corrected chi connectivity index (χ1v) is 7.56. The van der Waals surface area contributed by atoms with E-state index in [2.05, 4.69) is 34.7 Å². The second-order valence-corrected chi connectivity index (χ2v) is 6.74. The van der Waals surface area contributed by atoms with Crippen LogP contribution in [0.4, 0.5) is 5.69 Å². The van der Waals surface area contributed by atoms with Crippen LogP contribution >= 0.6 is 22.6 Å². The van der Waals surface area contributed by atoms with Crippen molar-refractivity contribution in [2.45, 2.75) is 6.42 Å². The molecule has 0 N–H and O–H groups in total. The summed E-state index contributed by atoms with van der Waals surface area (Å²) in [7, 11) is 0. The van der Waals surface area contributed by atoms with E-state index in [4.69, 9.17) is 0 Å². The quantitative estimate of drug-likeness (QED) is 0.436. The largest absolute Gasteiger partial charge is 0.274 e. The van der Waals surface area contributed by atoms with Crippen molar-refractivity contribution in [3.05, 3.63) is 40.0 Å². The fraction of sp³-hybridized carbons (Fsp3) is 0.333. The van der Waals surface area contributed by atoms with Crippen molar-refractivity contribution in [2.24, 2.45) is 23.7 Å². The number of hydrogen-bond acceptors (Lipinski definition) is 2. The number of halogens is 1. The summed E-state index contributed by atoms with van der Waals surface area (Å²) in [6.07, 6.45) is 5.22. The number of nitrogens with zero attached hydrogens (tertiary/aromatic N) is 1. The molecule has 2 bridgehead atoms. The van der Waals surface area contributed by atoms with E-state index in [-0.39, 0.29) is 35.5 Å². The average Bonchev–Trinajstić information content (AvgIpc) is 3.04. The van der Waals surface area contributed by atoms with Crippen molar-refractivity contribution in [1.29, 1.82) is 0 Å². The third-order valence-electron chi connectivity index (χ3n) is 4.54. The normalized spacial score (nSPS) is 35.3. The maximum absolute atomic E-state index is 12.6. The molecule has 1 saturated heterocycles. The molecule has 0 aromatic heterocycles. The summed E-state index contributed by atoms with van der Waals surface area (Å²) >= 11 is 2.20. The lowest BCUT2D eigenvalue weighted by atomic mass is 9.85. The summed E-state index contributed by atoms with van der Waals surface area (Å²) in [6, 6.07) is 7.58. The fourth-order valence-electron chi connectivity index (χ4n) is 3.77. The molecule has 19 heavy (non-hydrogen) atoms. The molecular formula is C15H12INO2. The van der Waals surface area contributed by atoms with Crippen LogP contribution < -0.4 is 4.90 Å². The Morgan fingerprint density at radius 1 is 1.05 bits per heavy atom. The predicted molar refractivity (Wildman–Crippen MR) is 79.4 cm³/mol. The molecule has 0 radical (unpaired) electrons. The van der Waals surface area contributed by atoms with Crippen LogP contribution in [0.2, 0.25) is 0 Å². The first-order valence-electron chi connectivity index (χ1n) is 6.48. The lowest BCUT2D eigenvalue weighted by Gasteiger charge is -2.17. The van der Waals surface area contributed by atoms with E-state index >= 15 is 0 Å². The number of allylic oxidation sites excluding steroid dienone is 2. The third-order valence-corrected chi connectivity index (χ3v) is 5.21. The number of imide groups is 1. The van der Waals surface area contributed by atoms with E-state index in [0.29, 0.717) is 0 Å². The molecule has 4 rings (SSSR count). The van der Waals surface area contributed by atoms with Gasteiger partial charge in [-0.25, -0.2) is 4.90 Å². The van der Waals surface area contributed by atoms with Crippen molar-refractivity contribution in [1.82, 2.24) is 0 Å². The Kier molecular flexibility index (Phi) is 2.40. The van der Waals surface area contributed by atoms with Crippen molar-refractivity contribution < 1.29 is 9.59 Å². The molecule has 1 aromatic carbocycles. The maximum Gasteiger partial charge on any atom is 0.238 e. The van der Waals surface area contributed by atoms with Crippen molar-refractivity contribution in [3.63, 3.8) is 0 Å². The Labute approximate surface area is 124 Å². The first kappa shape index (κ1) is 11.6. The first-order chi connectivity index (χ1) is 9.16. The fourth-order valence-corrected chi connectivity index (χ4v) is 4.30. The molecule has 1 saturated carbocycles. The van der Waals surface area contributed by atoms with Crippen LogP contribution in [0, 0.1) is 27.2 Å². The minimum absolute atomic E-state index is 0.00569. The Morgan fingerprint density at radius 2 is 1.68 bits per heavy atom. The molecule has 2 fully saturated rings. The molecular weight excluding hydrogens is 353 g/mol. The van der Waals surface area contributed by atoms with Crippen molar-refractivity contribution in [3.8, 4) is 0 Å². The van der Waals surface area contributed by atoms with Crippen molar-refractivity contribution >= 4 is 40.1 Å². The van der Waals surface area contributed by atoms with Crippen LogP contribution in [0.15, 0.2) is 36.4 Å². The minimum atomic E-state index is -0.111. The molecule has 96 valence electrons. The number of hydrogen-bond donors (Lipinski definition) is 0. The zero-order valence-electron chi connectivity index (χ0n) is 10.1. The minimum Gasteiger partial charge on any atom is -0.274 e. The maximum atomic E-state index is 12.6. The Hall–Kier alpha value is -1.17. The van der Waals surface area contributed by atoms with Crippen LogP contribution in [-0.4, -0.2) is 11.8 Å². The number of rotatable bonds is 1. The number of anilines is 1. The highest BCUT2D eigenvalue weighted by Gasteiger charge is 2.59. The van der Waals surface area contributed by atoms with Crippen LogP contribution in [0.5, 0.6) is 0 Å². The molecule has 4 heteroatoms. The monoisotopic (exact) mass is 365 g/mol. The summed E-state index contributed by atoms with van der Waals surface area (Å²) in [4.78, 5) is 26.5. The van der Waals surface area contributed by atoms with Gasteiger partial charge < -0.3 is 0 Å². The van der Waals surface area contributed by atoms with Gasteiger partial charge in [0.05, 0.1) is 17.5 Å². The van der Waals surface area contributed by atoms with Gasteiger partial charge in [-0.1, -0.05) is 18.2 Å². The number of amides is 2. The number of fused-ring (bicyclic) bond motifs is 5. The Balaban J connectivity index is 1.77. The zero-order valence-corrected chi connectivity index (χ0v) is 12.3. The van der Waals surface area contributed by atoms with Crippen LogP contribution in [0.1, 0.15) is 6.42 Å². The van der Waals surface area contributed by atoms with Crippen molar-refractivity contribution in [2.75, 3.05) is 4.90 Å². The molecule has 1 heterocycles. The third kappa shape index (κ3) is 1.49. The highest BCUT2D eigenvalue weighted by molar-refractivity contribution is 14.1. The zero-order chi connectivity index (χ0) is 13.1. The topological polar surface area (TPSA) is 37.4 Å². The van der Waals surface area contributed by atoms with Gasteiger partial charge in [0, 0.05) is 3.57 Å². The standard InChI is InChI=1S/C15H12INO2/c16-10-2-1-3-11(7-10)17-14(18)12-8-4-5-9(6-8)13(12)15(17)19/h1-5,7-9,12-13H,6H2/t8-,9-,12+,13+/m0/s1. The van der Waals surface area contributed by atoms with Gasteiger partial charge in [-0.05, 0) is 59.0 Å². The molecule has 3 aliphatic rings. The van der Waals surface area contributed by atoms with Gasteiger partial charge in [-0.3, -0.25) is 9.59 Å². The van der Waals surface area contributed by atoms with Gasteiger partial charge in [-0.15, -0.1) is 0 Å². The van der Waals surface area contributed by atoms with E-state index in [1.54, 1.807) is 0 Å². The summed E-state index contributed by atoms with van der Waals surface area (Å²) in [6.45, 7) is 0. The van der Waals surface area contributed by atoms with E-state index in [1.165, 1.54) is 4.90 Å². The van der Waals surface area contributed by atoms with Crippen LogP contribution in [0.3, 0.4) is 0 Å². The summed E-state index contributed by atoms with van der Waals surface area (Å²) in [5, 5.41) is 0. The Bertz CT molecular complexity index is 594. The summed E-state index contributed by atoms with van der Waals surface area (Å²) < 4.78 is 1.04. The SMILES string of the molecule is O=C1[C@H]2[C@H](C(=O)N1c1cccc(I)c1)[C@H]1C=C[C@H]2C1. The summed E-state index contributed by atoms with van der Waals surface area (Å²) in [5.74, 6) is 0.321. The molecule has 2 aliphatic carbocycles. The van der Waals surface area contributed by atoms with Gasteiger partial charge in [0.2, 0.25) is 11.8 Å². The van der Waals surface area contributed by atoms with Gasteiger partial charge in [0.25, 0.3) is 0 Å². The molecule has 0 spiro atoms. The Morgan fingerprint density at radius 3 is 2.26 bits per heavy atom. The molecule has 3 nitrogen and oxygen atoms in total. The van der Waals surface area contributed by atoms with Gasteiger partial charge in [0.15, 0.2) is 0 Å². The number of carbonyl (C=O) groups excluding carboxylic acids is 2. The second kappa shape index (κ2) is 3.91. The van der Waals surface area contributed by atoms with Crippen LogP contribution in [-0.2, 0) is 9.59 Å². The average molecular weight is 365 g/mol. The lowest BCUT2D eigenvalue weighted by molar-refractivity contribution is -0.123. The smallest absolute Gasteiger partial charge is 0.238 e. The highest BCUT2D eigenvalue weighted by atomic mass is 127. The molecule has 0 unspecified atom stereocenters. The van der Waals surface area contributed by atoms with E-state index in [0.717, 1.165) is 15.7 Å². The predicted octanol–water partition coefficient (Wildman–Crippen LogP) is 2.60. The van der Waals surface area contributed by atoms with Gasteiger partial charge in [0.1, 0.15) is 0 Å². The molecule has 1 aliphatic heterocycles. The van der Waals surface area contributed by atoms with Crippen LogP contribution in [0.25, 0.3) is 0 Å². The van der Waals surface area contributed by atoms with E-state index < -0.39 is 0 Å². The highest BCUT2D eigenvalue weighted by Crippen LogP contribution is 2.53.